The lowest BCUT2D eigenvalue weighted by molar-refractivity contribution is -0.133. The second kappa shape index (κ2) is 7.25. The molecule has 2 rings (SSSR count). The summed E-state index contributed by atoms with van der Waals surface area (Å²) < 4.78 is 5.44. The average Bonchev–Trinajstić information content (AvgIpc) is 3.20. The van der Waals surface area contributed by atoms with Gasteiger partial charge in [-0.25, -0.2) is 0 Å². The van der Waals surface area contributed by atoms with Crippen molar-refractivity contribution in [2.24, 2.45) is 5.92 Å². The highest BCUT2D eigenvalue weighted by Crippen LogP contribution is 2.28. The number of amides is 1. The Balaban J connectivity index is 1.57. The van der Waals surface area contributed by atoms with E-state index in [1.165, 1.54) is 19.4 Å². The smallest absolute Gasteiger partial charge is 0.224 e. The molecule has 1 saturated heterocycles. The fourth-order valence-corrected chi connectivity index (χ4v) is 2.53. The third-order valence-electron chi connectivity index (χ3n) is 4.01. The molecule has 1 aliphatic carbocycles. The van der Waals surface area contributed by atoms with Crippen LogP contribution in [-0.2, 0) is 9.53 Å². The molecule has 4 heteroatoms. The van der Waals surface area contributed by atoms with Gasteiger partial charge < -0.3 is 15.0 Å². The van der Waals surface area contributed by atoms with Crippen molar-refractivity contribution >= 4 is 5.91 Å². The number of nitrogens with zero attached hydrogens (tertiary/aromatic N) is 1. The van der Waals surface area contributed by atoms with Crippen LogP contribution in [0.15, 0.2) is 0 Å². The molecule has 2 fully saturated rings. The van der Waals surface area contributed by atoms with Gasteiger partial charge in [0.25, 0.3) is 0 Å². The molecule has 1 saturated carbocycles. The maximum Gasteiger partial charge on any atom is 0.224 e. The molecule has 0 aromatic carbocycles. The lowest BCUT2D eigenvalue weighted by atomic mass is 10.0. The van der Waals surface area contributed by atoms with Crippen molar-refractivity contribution in [3.05, 3.63) is 0 Å². The van der Waals surface area contributed by atoms with E-state index in [9.17, 15) is 4.79 Å². The predicted octanol–water partition coefficient (Wildman–Crippen LogP) is 1.79. The molecule has 0 unspecified atom stereocenters. The van der Waals surface area contributed by atoms with Gasteiger partial charge in [-0.2, -0.15) is 0 Å². The Labute approximate surface area is 116 Å². The van der Waals surface area contributed by atoms with Crippen LogP contribution in [0.3, 0.4) is 0 Å². The zero-order valence-electron chi connectivity index (χ0n) is 12.4. The number of likely N-dealkylation sites (tertiary alicyclic amines) is 1. The van der Waals surface area contributed by atoms with E-state index in [0.717, 1.165) is 31.8 Å². The van der Waals surface area contributed by atoms with Crippen LogP contribution in [0.25, 0.3) is 0 Å². The summed E-state index contributed by atoms with van der Waals surface area (Å²) in [5, 5.41) is 3.64. The van der Waals surface area contributed by atoms with Crippen LogP contribution < -0.4 is 5.32 Å². The summed E-state index contributed by atoms with van der Waals surface area (Å²) in [7, 11) is 0. The van der Waals surface area contributed by atoms with Gasteiger partial charge in [0.1, 0.15) is 0 Å². The van der Waals surface area contributed by atoms with Crippen molar-refractivity contribution < 1.29 is 9.53 Å². The Kier molecular flexibility index (Phi) is 5.64. The number of piperidine rings is 1. The minimum absolute atomic E-state index is 0.213. The van der Waals surface area contributed by atoms with Crippen LogP contribution >= 0.6 is 0 Å². The zero-order valence-corrected chi connectivity index (χ0v) is 12.4. The summed E-state index contributed by atoms with van der Waals surface area (Å²) in [6.07, 6.45) is 5.75. The van der Waals surface area contributed by atoms with E-state index in [2.05, 4.69) is 5.32 Å². The number of carbonyl (C=O) groups excluding carboxylic acids is 1. The van der Waals surface area contributed by atoms with E-state index < -0.39 is 0 Å². The third-order valence-corrected chi connectivity index (χ3v) is 4.01. The summed E-state index contributed by atoms with van der Waals surface area (Å²) in [5.41, 5.74) is 0. The lowest BCUT2D eigenvalue weighted by Gasteiger charge is -2.32. The van der Waals surface area contributed by atoms with E-state index in [4.69, 9.17) is 4.74 Å². The number of hydrogen-bond donors (Lipinski definition) is 1. The van der Waals surface area contributed by atoms with Gasteiger partial charge in [-0.05, 0) is 52.0 Å². The number of nitrogens with one attached hydrogen (secondary N) is 1. The quantitative estimate of drug-likeness (QED) is 0.765. The molecule has 0 bridgehead atoms. The SMILES string of the molecule is CC(C)OCCC(=O)N1CCC(NCC2CC2)CC1. The van der Waals surface area contributed by atoms with Crippen molar-refractivity contribution in [1.82, 2.24) is 10.2 Å². The highest BCUT2D eigenvalue weighted by atomic mass is 16.5. The van der Waals surface area contributed by atoms with Gasteiger partial charge in [-0.1, -0.05) is 0 Å². The highest BCUT2D eigenvalue weighted by Gasteiger charge is 2.25. The first kappa shape index (κ1) is 14.8. The number of ether oxygens (including phenoxy) is 1. The van der Waals surface area contributed by atoms with E-state index in [1.54, 1.807) is 0 Å². The predicted molar refractivity (Wildman–Crippen MR) is 76.0 cm³/mol. The maximum atomic E-state index is 12.0. The normalized spacial score (nSPS) is 21.1. The van der Waals surface area contributed by atoms with Crippen LogP contribution in [0.5, 0.6) is 0 Å². The Morgan fingerprint density at radius 2 is 1.95 bits per heavy atom. The maximum absolute atomic E-state index is 12.0. The first-order valence-corrected chi connectivity index (χ1v) is 7.78. The molecular formula is C15H28N2O2. The second-order valence-electron chi connectivity index (χ2n) is 6.18. The van der Waals surface area contributed by atoms with Crippen LogP contribution in [0.2, 0.25) is 0 Å². The first-order valence-electron chi connectivity index (χ1n) is 7.78. The van der Waals surface area contributed by atoms with Gasteiger partial charge in [0.2, 0.25) is 5.91 Å². The molecule has 0 aromatic heterocycles. The molecule has 110 valence electrons. The van der Waals surface area contributed by atoms with E-state index in [0.29, 0.717) is 19.1 Å². The zero-order chi connectivity index (χ0) is 13.7. The van der Waals surface area contributed by atoms with Crippen molar-refractivity contribution in [3.8, 4) is 0 Å². The molecule has 2 aliphatic rings. The minimum Gasteiger partial charge on any atom is -0.378 e. The fourth-order valence-electron chi connectivity index (χ4n) is 2.53. The van der Waals surface area contributed by atoms with Gasteiger partial charge >= 0.3 is 0 Å². The fraction of sp³-hybridized carbons (Fsp3) is 0.933. The van der Waals surface area contributed by atoms with Gasteiger partial charge in [0.15, 0.2) is 0 Å². The van der Waals surface area contributed by atoms with E-state index in [-0.39, 0.29) is 12.0 Å². The molecule has 0 atom stereocenters. The first-order chi connectivity index (χ1) is 9.15. The van der Waals surface area contributed by atoms with Crippen molar-refractivity contribution in [1.29, 1.82) is 0 Å². The van der Waals surface area contributed by atoms with Crippen LogP contribution in [0.1, 0.15) is 46.0 Å². The third kappa shape index (κ3) is 5.49. The topological polar surface area (TPSA) is 41.6 Å². The van der Waals surface area contributed by atoms with Crippen LogP contribution in [0.4, 0.5) is 0 Å². The average molecular weight is 268 g/mol. The summed E-state index contributed by atoms with van der Waals surface area (Å²) in [5.74, 6) is 1.19. The summed E-state index contributed by atoms with van der Waals surface area (Å²) in [4.78, 5) is 14.0. The molecule has 19 heavy (non-hydrogen) atoms. The van der Waals surface area contributed by atoms with Crippen molar-refractivity contribution in [2.45, 2.75) is 58.1 Å². The monoisotopic (exact) mass is 268 g/mol. The Morgan fingerprint density at radius 1 is 1.26 bits per heavy atom. The van der Waals surface area contributed by atoms with Gasteiger partial charge in [0.05, 0.1) is 19.1 Å². The van der Waals surface area contributed by atoms with E-state index in [1.807, 2.05) is 18.7 Å². The molecule has 0 aromatic rings. The van der Waals surface area contributed by atoms with Gasteiger partial charge in [-0.15, -0.1) is 0 Å². The standard InChI is InChI=1S/C15H28N2O2/c1-12(2)19-10-7-15(18)17-8-5-14(6-9-17)16-11-13-3-4-13/h12-14,16H,3-11H2,1-2H3. The van der Waals surface area contributed by atoms with Crippen molar-refractivity contribution in [3.63, 3.8) is 0 Å². The highest BCUT2D eigenvalue weighted by molar-refractivity contribution is 5.76. The minimum atomic E-state index is 0.213. The molecule has 4 nitrogen and oxygen atoms in total. The molecular weight excluding hydrogens is 240 g/mol. The number of rotatable bonds is 7. The van der Waals surface area contributed by atoms with Crippen LogP contribution in [0, 0.1) is 5.92 Å². The molecule has 0 radical (unpaired) electrons. The molecule has 1 heterocycles. The molecule has 1 amide bonds. The number of hydrogen-bond acceptors (Lipinski definition) is 3. The van der Waals surface area contributed by atoms with Gasteiger partial charge in [-0.3, -0.25) is 4.79 Å². The Bertz CT molecular complexity index is 282. The van der Waals surface area contributed by atoms with Crippen molar-refractivity contribution in [2.75, 3.05) is 26.2 Å². The van der Waals surface area contributed by atoms with Gasteiger partial charge in [0, 0.05) is 19.1 Å². The number of carbonyl (C=O) groups is 1. The molecule has 1 aliphatic heterocycles. The van der Waals surface area contributed by atoms with Crippen LogP contribution in [-0.4, -0.2) is 49.2 Å². The molecule has 0 spiro atoms. The Hall–Kier alpha value is -0.610. The Morgan fingerprint density at radius 3 is 2.53 bits per heavy atom. The van der Waals surface area contributed by atoms with E-state index >= 15 is 0 Å². The summed E-state index contributed by atoms with van der Waals surface area (Å²) >= 11 is 0. The largest absolute Gasteiger partial charge is 0.378 e. The molecule has 1 N–H and O–H groups in total. The summed E-state index contributed by atoms with van der Waals surface area (Å²) in [6, 6.07) is 0.622. The lowest BCUT2D eigenvalue weighted by Crippen LogP contribution is -2.45. The summed E-state index contributed by atoms with van der Waals surface area (Å²) in [6.45, 7) is 7.55. The second-order valence-corrected chi connectivity index (χ2v) is 6.18.